The molecule has 1 amide bonds. The summed E-state index contributed by atoms with van der Waals surface area (Å²) in [5.74, 6) is -1.09. The Labute approximate surface area is 124 Å². The molecule has 0 saturated carbocycles. The molecule has 0 fully saturated rings. The monoisotopic (exact) mass is 297 g/mol. The van der Waals surface area contributed by atoms with Crippen LogP contribution >= 0.6 is 11.6 Å². The molecule has 2 N–H and O–H groups in total. The SMILES string of the molecule is CCC(CC)(CC(=O)O)NC(=O)Cc1cccc(Cl)c1. The van der Waals surface area contributed by atoms with Crippen molar-refractivity contribution in [2.75, 3.05) is 0 Å². The summed E-state index contributed by atoms with van der Waals surface area (Å²) in [7, 11) is 0. The van der Waals surface area contributed by atoms with Gasteiger partial charge in [0.15, 0.2) is 0 Å². The third-order valence-corrected chi connectivity index (χ3v) is 3.74. The molecule has 0 aliphatic rings. The number of carbonyl (C=O) groups is 2. The fraction of sp³-hybridized carbons (Fsp3) is 0.467. The average Bonchev–Trinajstić information content (AvgIpc) is 2.37. The van der Waals surface area contributed by atoms with Crippen LogP contribution in [-0.4, -0.2) is 22.5 Å². The van der Waals surface area contributed by atoms with Crippen molar-refractivity contribution in [1.29, 1.82) is 0 Å². The van der Waals surface area contributed by atoms with Crippen LogP contribution < -0.4 is 5.32 Å². The first-order valence-corrected chi connectivity index (χ1v) is 7.06. The van der Waals surface area contributed by atoms with Crippen molar-refractivity contribution in [1.82, 2.24) is 5.32 Å². The first-order chi connectivity index (χ1) is 9.40. The molecule has 1 aromatic rings. The van der Waals surface area contributed by atoms with Crippen LogP contribution in [0.3, 0.4) is 0 Å². The van der Waals surface area contributed by atoms with Crippen LogP contribution in [0.4, 0.5) is 0 Å². The lowest BCUT2D eigenvalue weighted by atomic mass is 9.88. The minimum atomic E-state index is -0.906. The minimum absolute atomic E-state index is 0.0682. The van der Waals surface area contributed by atoms with Gasteiger partial charge >= 0.3 is 5.97 Å². The van der Waals surface area contributed by atoms with Gasteiger partial charge in [0.25, 0.3) is 0 Å². The van der Waals surface area contributed by atoms with Crippen molar-refractivity contribution < 1.29 is 14.7 Å². The van der Waals surface area contributed by atoms with E-state index in [9.17, 15) is 9.59 Å². The van der Waals surface area contributed by atoms with Crippen molar-refractivity contribution in [3.63, 3.8) is 0 Å². The van der Waals surface area contributed by atoms with Crippen LogP contribution in [0.1, 0.15) is 38.7 Å². The Balaban J connectivity index is 2.74. The lowest BCUT2D eigenvalue weighted by molar-refractivity contribution is -0.139. The number of aliphatic carboxylic acids is 1. The van der Waals surface area contributed by atoms with Crippen LogP contribution in [0.25, 0.3) is 0 Å². The van der Waals surface area contributed by atoms with Crippen LogP contribution in [-0.2, 0) is 16.0 Å². The summed E-state index contributed by atoms with van der Waals surface area (Å²) in [6, 6.07) is 7.09. The zero-order valence-electron chi connectivity index (χ0n) is 11.8. The van der Waals surface area contributed by atoms with E-state index in [-0.39, 0.29) is 18.7 Å². The Morgan fingerprint density at radius 2 is 1.95 bits per heavy atom. The number of halogens is 1. The van der Waals surface area contributed by atoms with Crippen molar-refractivity contribution in [3.05, 3.63) is 34.9 Å². The van der Waals surface area contributed by atoms with Gasteiger partial charge in [0, 0.05) is 10.6 Å². The molecule has 110 valence electrons. The second-order valence-corrected chi connectivity index (χ2v) is 5.35. The van der Waals surface area contributed by atoms with Gasteiger partial charge in [-0.05, 0) is 30.5 Å². The standard InChI is InChI=1S/C15H20ClNO3/c1-3-15(4-2,10-14(19)20)17-13(18)9-11-6-5-7-12(16)8-11/h5-8H,3-4,9-10H2,1-2H3,(H,17,18)(H,19,20). The zero-order valence-corrected chi connectivity index (χ0v) is 12.5. The van der Waals surface area contributed by atoms with Gasteiger partial charge in [0.1, 0.15) is 0 Å². The third-order valence-electron chi connectivity index (χ3n) is 3.50. The highest BCUT2D eigenvalue weighted by Crippen LogP contribution is 2.20. The molecular weight excluding hydrogens is 278 g/mol. The molecular formula is C15H20ClNO3. The van der Waals surface area contributed by atoms with E-state index in [1.807, 2.05) is 19.9 Å². The summed E-state index contributed by atoms with van der Waals surface area (Å²) in [4.78, 5) is 23.0. The fourth-order valence-electron chi connectivity index (χ4n) is 2.18. The van der Waals surface area contributed by atoms with Gasteiger partial charge in [-0.2, -0.15) is 0 Å². The molecule has 5 heteroatoms. The summed E-state index contributed by atoms with van der Waals surface area (Å²) >= 11 is 5.88. The minimum Gasteiger partial charge on any atom is -0.481 e. The first kappa shape index (κ1) is 16.5. The van der Waals surface area contributed by atoms with Crippen molar-refractivity contribution in [3.8, 4) is 0 Å². The Bertz CT molecular complexity index is 484. The van der Waals surface area contributed by atoms with E-state index in [0.29, 0.717) is 17.9 Å². The summed E-state index contributed by atoms with van der Waals surface area (Å²) in [6.45, 7) is 3.76. The normalized spacial score (nSPS) is 11.2. The Morgan fingerprint density at radius 3 is 2.45 bits per heavy atom. The van der Waals surface area contributed by atoms with E-state index in [1.54, 1.807) is 18.2 Å². The average molecular weight is 298 g/mol. The highest BCUT2D eigenvalue weighted by molar-refractivity contribution is 6.30. The molecule has 0 heterocycles. The van der Waals surface area contributed by atoms with E-state index in [1.165, 1.54) is 0 Å². The largest absolute Gasteiger partial charge is 0.481 e. The number of carbonyl (C=O) groups excluding carboxylic acids is 1. The predicted molar refractivity (Wildman–Crippen MR) is 78.9 cm³/mol. The number of carboxylic acids is 1. The molecule has 0 spiro atoms. The van der Waals surface area contributed by atoms with E-state index in [0.717, 1.165) is 5.56 Å². The van der Waals surface area contributed by atoms with Gasteiger partial charge in [-0.1, -0.05) is 37.6 Å². The summed E-state index contributed by atoms with van der Waals surface area (Å²) in [5.41, 5.74) is 0.132. The van der Waals surface area contributed by atoms with Gasteiger partial charge in [-0.15, -0.1) is 0 Å². The maximum atomic E-state index is 12.1. The van der Waals surface area contributed by atoms with Crippen LogP contribution in [0.5, 0.6) is 0 Å². The lowest BCUT2D eigenvalue weighted by Gasteiger charge is -2.31. The fourth-order valence-corrected chi connectivity index (χ4v) is 2.40. The molecule has 0 saturated heterocycles. The van der Waals surface area contributed by atoms with E-state index in [4.69, 9.17) is 16.7 Å². The highest BCUT2D eigenvalue weighted by atomic mass is 35.5. The molecule has 0 bridgehead atoms. The number of hydrogen-bond acceptors (Lipinski definition) is 2. The molecule has 4 nitrogen and oxygen atoms in total. The zero-order chi connectivity index (χ0) is 15.2. The Hall–Kier alpha value is -1.55. The van der Waals surface area contributed by atoms with Crippen molar-refractivity contribution >= 4 is 23.5 Å². The van der Waals surface area contributed by atoms with Gasteiger partial charge in [0.2, 0.25) is 5.91 Å². The molecule has 0 aliphatic carbocycles. The topological polar surface area (TPSA) is 66.4 Å². The lowest BCUT2D eigenvalue weighted by Crippen LogP contribution is -2.49. The molecule has 0 unspecified atom stereocenters. The number of carboxylic acid groups (broad SMARTS) is 1. The van der Waals surface area contributed by atoms with Crippen molar-refractivity contribution in [2.45, 2.75) is 45.1 Å². The summed E-state index contributed by atoms with van der Waals surface area (Å²) in [5, 5.41) is 12.4. The molecule has 0 aromatic heterocycles. The third kappa shape index (κ3) is 4.85. The van der Waals surface area contributed by atoms with Gasteiger partial charge in [0.05, 0.1) is 12.8 Å². The predicted octanol–water partition coefficient (Wildman–Crippen LogP) is 3.03. The molecule has 20 heavy (non-hydrogen) atoms. The molecule has 0 aliphatic heterocycles. The van der Waals surface area contributed by atoms with E-state index in [2.05, 4.69) is 5.32 Å². The number of hydrogen-bond donors (Lipinski definition) is 2. The Morgan fingerprint density at radius 1 is 1.30 bits per heavy atom. The first-order valence-electron chi connectivity index (χ1n) is 6.68. The Kier molecular flexibility index (Phi) is 6.02. The highest BCUT2D eigenvalue weighted by Gasteiger charge is 2.30. The second-order valence-electron chi connectivity index (χ2n) is 4.91. The molecule has 0 radical (unpaired) electrons. The van der Waals surface area contributed by atoms with E-state index >= 15 is 0 Å². The van der Waals surface area contributed by atoms with Gasteiger partial charge in [-0.3, -0.25) is 9.59 Å². The number of nitrogens with one attached hydrogen (secondary N) is 1. The number of benzene rings is 1. The van der Waals surface area contributed by atoms with Crippen molar-refractivity contribution in [2.24, 2.45) is 0 Å². The number of rotatable bonds is 7. The van der Waals surface area contributed by atoms with Crippen LogP contribution in [0.2, 0.25) is 5.02 Å². The molecule has 1 rings (SSSR count). The maximum Gasteiger partial charge on any atom is 0.305 e. The smallest absolute Gasteiger partial charge is 0.305 e. The summed E-state index contributed by atoms with van der Waals surface area (Å²) in [6.07, 6.45) is 1.29. The van der Waals surface area contributed by atoms with Crippen LogP contribution in [0, 0.1) is 0 Å². The summed E-state index contributed by atoms with van der Waals surface area (Å²) < 4.78 is 0. The molecule has 0 atom stereocenters. The number of amides is 1. The second kappa shape index (κ2) is 7.29. The van der Waals surface area contributed by atoms with Crippen LogP contribution in [0.15, 0.2) is 24.3 Å². The van der Waals surface area contributed by atoms with Gasteiger partial charge in [-0.25, -0.2) is 0 Å². The maximum absolute atomic E-state index is 12.1. The molecule has 1 aromatic carbocycles. The van der Waals surface area contributed by atoms with Gasteiger partial charge < -0.3 is 10.4 Å². The van der Waals surface area contributed by atoms with E-state index < -0.39 is 11.5 Å². The quantitative estimate of drug-likeness (QED) is 0.813.